The molecular weight excluding hydrogens is 355 g/mol. The quantitative estimate of drug-likeness (QED) is 0.637. The summed E-state index contributed by atoms with van der Waals surface area (Å²) in [5.41, 5.74) is 0.183. The molecule has 0 saturated heterocycles. The summed E-state index contributed by atoms with van der Waals surface area (Å²) in [4.78, 5) is 11.9. The summed E-state index contributed by atoms with van der Waals surface area (Å²) in [6.45, 7) is 4.05. The highest BCUT2D eigenvalue weighted by atomic mass is 127. The molecule has 2 nitrogen and oxygen atoms in total. The van der Waals surface area contributed by atoms with Crippen LogP contribution >= 0.6 is 34.2 Å². The molecule has 1 aromatic rings. The molecule has 0 radical (unpaired) electrons. The third-order valence-corrected chi connectivity index (χ3v) is 3.82. The number of carbonyl (C=O) groups excluding carboxylic acids is 1. The molecule has 0 spiro atoms. The van der Waals surface area contributed by atoms with Crippen LogP contribution in [-0.4, -0.2) is 16.4 Å². The highest BCUT2D eigenvalue weighted by Crippen LogP contribution is 2.20. The van der Waals surface area contributed by atoms with Crippen LogP contribution in [0, 0.1) is 11.7 Å². The van der Waals surface area contributed by atoms with Crippen LogP contribution in [0.4, 0.5) is 4.39 Å². The second-order valence-corrected chi connectivity index (χ2v) is 5.34. The number of amides is 1. The molecular formula is C12H14ClFINO. The molecule has 0 aliphatic carbocycles. The maximum absolute atomic E-state index is 13.2. The summed E-state index contributed by atoms with van der Waals surface area (Å²) in [6, 6.07) is 4.29. The van der Waals surface area contributed by atoms with E-state index in [2.05, 4.69) is 27.9 Å². The lowest BCUT2D eigenvalue weighted by atomic mass is 10.1. The molecule has 1 atom stereocenters. The van der Waals surface area contributed by atoms with Crippen LogP contribution in [0.15, 0.2) is 18.2 Å². The van der Waals surface area contributed by atoms with Crippen LogP contribution in [-0.2, 0) is 0 Å². The fraction of sp³-hybridized carbons (Fsp3) is 0.417. The first-order chi connectivity index (χ1) is 7.97. The van der Waals surface area contributed by atoms with Crippen molar-refractivity contribution < 1.29 is 9.18 Å². The van der Waals surface area contributed by atoms with Gasteiger partial charge in [-0.2, -0.15) is 0 Å². The minimum Gasteiger partial charge on any atom is -0.348 e. The lowest BCUT2D eigenvalue weighted by Crippen LogP contribution is -2.39. The molecule has 1 N–H and O–H groups in total. The van der Waals surface area contributed by atoms with Gasteiger partial charge in [-0.05, 0) is 18.1 Å². The standard InChI is InChI=1S/C12H14ClFINO/c1-7(2)10(6-15)16-12(17)8-4-3-5-9(14)11(8)13/h3-5,7,10H,6H2,1-2H3,(H,16,17). The smallest absolute Gasteiger partial charge is 0.253 e. The summed E-state index contributed by atoms with van der Waals surface area (Å²) in [5, 5.41) is 2.73. The van der Waals surface area contributed by atoms with E-state index in [-0.39, 0.29) is 22.5 Å². The van der Waals surface area contributed by atoms with Crippen molar-refractivity contribution in [3.8, 4) is 0 Å². The SMILES string of the molecule is CC(C)C(CI)NC(=O)c1cccc(F)c1Cl. The number of alkyl halides is 1. The van der Waals surface area contributed by atoms with Crippen molar-refractivity contribution in [3.63, 3.8) is 0 Å². The molecule has 94 valence electrons. The molecule has 5 heteroatoms. The monoisotopic (exact) mass is 369 g/mol. The zero-order valence-corrected chi connectivity index (χ0v) is 12.5. The van der Waals surface area contributed by atoms with E-state index in [9.17, 15) is 9.18 Å². The highest BCUT2D eigenvalue weighted by molar-refractivity contribution is 14.1. The van der Waals surface area contributed by atoms with Crippen molar-refractivity contribution in [1.82, 2.24) is 5.32 Å². The molecule has 0 bridgehead atoms. The summed E-state index contributed by atoms with van der Waals surface area (Å²) in [5.74, 6) is -0.581. The lowest BCUT2D eigenvalue weighted by Gasteiger charge is -2.20. The van der Waals surface area contributed by atoms with Gasteiger partial charge in [0, 0.05) is 10.5 Å². The Morgan fingerprint density at radius 3 is 2.71 bits per heavy atom. The molecule has 1 amide bonds. The molecule has 0 aromatic heterocycles. The van der Waals surface area contributed by atoms with E-state index >= 15 is 0 Å². The zero-order chi connectivity index (χ0) is 13.0. The molecule has 17 heavy (non-hydrogen) atoms. The first kappa shape index (κ1) is 14.7. The van der Waals surface area contributed by atoms with Crippen molar-refractivity contribution in [1.29, 1.82) is 0 Å². The first-order valence-corrected chi connectivity index (χ1v) is 7.18. The van der Waals surface area contributed by atoms with E-state index in [1.807, 2.05) is 13.8 Å². The van der Waals surface area contributed by atoms with Crippen molar-refractivity contribution in [2.24, 2.45) is 5.92 Å². The number of halogens is 3. The zero-order valence-electron chi connectivity index (χ0n) is 9.64. The van der Waals surface area contributed by atoms with Gasteiger partial charge in [0.1, 0.15) is 5.82 Å². The Labute approximate surface area is 119 Å². The Balaban J connectivity index is 2.86. The van der Waals surface area contributed by atoms with Crippen molar-refractivity contribution in [2.45, 2.75) is 19.9 Å². The molecule has 0 aliphatic heterocycles. The maximum Gasteiger partial charge on any atom is 0.253 e. The van der Waals surface area contributed by atoms with Gasteiger partial charge in [-0.25, -0.2) is 4.39 Å². The first-order valence-electron chi connectivity index (χ1n) is 5.28. The fourth-order valence-corrected chi connectivity index (χ4v) is 2.76. The van der Waals surface area contributed by atoms with Gasteiger partial charge in [0.15, 0.2) is 0 Å². The highest BCUT2D eigenvalue weighted by Gasteiger charge is 2.18. The van der Waals surface area contributed by atoms with E-state index in [0.717, 1.165) is 4.43 Å². The van der Waals surface area contributed by atoms with Crippen LogP contribution in [0.5, 0.6) is 0 Å². The van der Waals surface area contributed by atoms with Gasteiger partial charge in [-0.15, -0.1) is 0 Å². The van der Waals surface area contributed by atoms with Gasteiger partial charge >= 0.3 is 0 Å². The number of rotatable bonds is 4. The normalized spacial score (nSPS) is 12.6. The lowest BCUT2D eigenvalue weighted by molar-refractivity contribution is 0.0932. The topological polar surface area (TPSA) is 29.1 Å². The molecule has 0 aliphatic rings. The maximum atomic E-state index is 13.2. The van der Waals surface area contributed by atoms with Crippen molar-refractivity contribution in [3.05, 3.63) is 34.6 Å². The minimum atomic E-state index is -0.574. The van der Waals surface area contributed by atoms with E-state index in [1.54, 1.807) is 0 Å². The third-order valence-electron chi connectivity index (χ3n) is 2.48. The van der Waals surface area contributed by atoms with E-state index in [4.69, 9.17) is 11.6 Å². The molecule has 1 rings (SSSR count). The van der Waals surface area contributed by atoms with Crippen molar-refractivity contribution in [2.75, 3.05) is 4.43 Å². The minimum absolute atomic E-state index is 0.0578. The summed E-state index contributed by atoms with van der Waals surface area (Å²) in [6.07, 6.45) is 0. The number of hydrogen-bond donors (Lipinski definition) is 1. The van der Waals surface area contributed by atoms with Gasteiger partial charge in [-0.3, -0.25) is 4.79 Å². The van der Waals surface area contributed by atoms with E-state index in [1.165, 1.54) is 18.2 Å². The average Bonchev–Trinajstić information content (AvgIpc) is 2.28. The molecule has 1 unspecified atom stereocenters. The predicted molar refractivity (Wildman–Crippen MR) is 76.4 cm³/mol. The Morgan fingerprint density at radius 2 is 2.18 bits per heavy atom. The number of benzene rings is 1. The van der Waals surface area contributed by atoms with Crippen LogP contribution in [0.3, 0.4) is 0 Å². The Kier molecular flexibility index (Phi) is 5.66. The number of hydrogen-bond acceptors (Lipinski definition) is 1. The Bertz CT molecular complexity index is 411. The van der Waals surface area contributed by atoms with E-state index in [0.29, 0.717) is 5.92 Å². The summed E-state index contributed by atoms with van der Waals surface area (Å²) in [7, 11) is 0. The van der Waals surface area contributed by atoms with Gasteiger partial charge in [0.05, 0.1) is 10.6 Å². The molecule has 1 aromatic carbocycles. The Hall–Kier alpha value is -0.360. The largest absolute Gasteiger partial charge is 0.348 e. The second-order valence-electron chi connectivity index (χ2n) is 4.08. The second kappa shape index (κ2) is 6.54. The van der Waals surface area contributed by atoms with Gasteiger partial charge < -0.3 is 5.32 Å². The van der Waals surface area contributed by atoms with Gasteiger partial charge in [0.25, 0.3) is 5.91 Å². The molecule has 0 fully saturated rings. The van der Waals surface area contributed by atoms with Gasteiger partial charge in [0.2, 0.25) is 0 Å². The number of carbonyl (C=O) groups is 1. The molecule has 0 saturated carbocycles. The van der Waals surface area contributed by atoms with Crippen LogP contribution in [0.25, 0.3) is 0 Å². The van der Waals surface area contributed by atoms with Gasteiger partial charge in [-0.1, -0.05) is 54.1 Å². The predicted octanol–water partition coefficient (Wildman–Crippen LogP) is 3.67. The van der Waals surface area contributed by atoms with E-state index < -0.39 is 5.82 Å². The van der Waals surface area contributed by atoms with Crippen molar-refractivity contribution >= 4 is 40.1 Å². The summed E-state index contributed by atoms with van der Waals surface area (Å²) >= 11 is 7.97. The average molecular weight is 370 g/mol. The summed E-state index contributed by atoms with van der Waals surface area (Å²) < 4.78 is 14.0. The molecule has 0 heterocycles. The van der Waals surface area contributed by atoms with Crippen LogP contribution < -0.4 is 5.32 Å². The Morgan fingerprint density at radius 1 is 1.53 bits per heavy atom. The number of nitrogens with one attached hydrogen (secondary N) is 1. The third kappa shape index (κ3) is 3.81. The fourth-order valence-electron chi connectivity index (χ4n) is 1.31. The van der Waals surface area contributed by atoms with Crippen LogP contribution in [0.2, 0.25) is 5.02 Å². The van der Waals surface area contributed by atoms with Crippen LogP contribution in [0.1, 0.15) is 24.2 Å².